The predicted octanol–water partition coefficient (Wildman–Crippen LogP) is 11.1. The van der Waals surface area contributed by atoms with E-state index in [4.69, 9.17) is 24.3 Å². The van der Waals surface area contributed by atoms with Crippen molar-refractivity contribution >= 4 is 13.8 Å². The Labute approximate surface area is 290 Å². The van der Waals surface area contributed by atoms with Gasteiger partial charge in [0, 0.05) is 19.6 Å². The van der Waals surface area contributed by atoms with Crippen LogP contribution >= 0.6 is 7.82 Å². The largest absolute Gasteiger partial charge is 0.472 e. The maximum Gasteiger partial charge on any atom is 0.472 e. The molecule has 0 aliphatic carbocycles. The number of carbonyl (C=O) groups excluding carboxylic acids is 1. The standard InChI is InChI=1S/C38H76NO7P/c1-3-5-7-8-9-10-11-12-13-14-15-16-17-18-19-20-21-22-23-24-25-26-27-28-29-30-33-43-35-37(46-38(40)31-6-4-2)36-45-47(41,42)44-34-32-39/h14-15,37H,3-13,16-36,39H2,1-2H3,(H,41,42)/b15-14-. The maximum absolute atomic E-state index is 12.1. The summed E-state index contributed by atoms with van der Waals surface area (Å²) in [7, 11) is -4.24. The molecule has 8 nitrogen and oxygen atoms in total. The van der Waals surface area contributed by atoms with Crippen molar-refractivity contribution in [2.24, 2.45) is 5.73 Å². The topological polar surface area (TPSA) is 117 Å². The smallest absolute Gasteiger partial charge is 0.457 e. The third kappa shape index (κ3) is 36.3. The molecule has 0 amide bonds. The van der Waals surface area contributed by atoms with Crippen LogP contribution in [0.4, 0.5) is 0 Å². The lowest BCUT2D eigenvalue weighted by molar-refractivity contribution is -0.154. The molecule has 3 N–H and O–H groups in total. The minimum atomic E-state index is -4.24. The van der Waals surface area contributed by atoms with Crippen LogP contribution in [0.15, 0.2) is 12.2 Å². The van der Waals surface area contributed by atoms with E-state index in [1.165, 1.54) is 141 Å². The lowest BCUT2D eigenvalue weighted by Gasteiger charge is -2.20. The molecule has 0 aliphatic rings. The maximum atomic E-state index is 12.1. The van der Waals surface area contributed by atoms with Crippen LogP contribution in [0.2, 0.25) is 0 Å². The zero-order valence-corrected chi connectivity index (χ0v) is 31.7. The SMILES string of the molecule is CCCCCCCCCC/C=C\CCCCCCCCCCCCCCCCOCC(COP(=O)(O)OCCN)OC(=O)CCCC. The van der Waals surface area contributed by atoms with Crippen molar-refractivity contribution in [2.75, 3.05) is 33.0 Å². The molecule has 0 radical (unpaired) electrons. The van der Waals surface area contributed by atoms with E-state index in [9.17, 15) is 14.3 Å². The van der Waals surface area contributed by atoms with E-state index in [2.05, 4.69) is 19.1 Å². The van der Waals surface area contributed by atoms with E-state index in [1.54, 1.807) is 0 Å². The number of carbonyl (C=O) groups is 1. The van der Waals surface area contributed by atoms with Gasteiger partial charge in [-0.05, 0) is 38.5 Å². The first kappa shape index (κ1) is 46.2. The molecule has 0 fully saturated rings. The molecule has 0 aromatic heterocycles. The van der Waals surface area contributed by atoms with Crippen LogP contribution in [0.25, 0.3) is 0 Å². The van der Waals surface area contributed by atoms with Crippen molar-refractivity contribution in [3.05, 3.63) is 12.2 Å². The molecule has 47 heavy (non-hydrogen) atoms. The molecule has 0 rings (SSSR count). The normalized spacial score (nSPS) is 13.7. The Morgan fingerprint density at radius 2 is 1.06 bits per heavy atom. The molecule has 2 atom stereocenters. The number of allylic oxidation sites excluding steroid dienone is 2. The number of unbranched alkanes of at least 4 members (excludes halogenated alkanes) is 23. The van der Waals surface area contributed by atoms with Crippen molar-refractivity contribution in [3.8, 4) is 0 Å². The summed E-state index contributed by atoms with van der Waals surface area (Å²) in [6, 6.07) is 0. The van der Waals surface area contributed by atoms with Crippen LogP contribution in [-0.4, -0.2) is 49.9 Å². The van der Waals surface area contributed by atoms with Gasteiger partial charge in [-0.1, -0.05) is 154 Å². The summed E-state index contributed by atoms with van der Waals surface area (Å²) >= 11 is 0. The number of rotatable bonds is 38. The highest BCUT2D eigenvalue weighted by molar-refractivity contribution is 7.47. The van der Waals surface area contributed by atoms with Crippen LogP contribution in [0, 0.1) is 0 Å². The monoisotopic (exact) mass is 690 g/mol. The summed E-state index contributed by atoms with van der Waals surface area (Å²) in [5, 5.41) is 0. The van der Waals surface area contributed by atoms with Crippen LogP contribution in [0.1, 0.15) is 187 Å². The molecule has 0 aromatic rings. The number of hydrogen-bond donors (Lipinski definition) is 2. The highest BCUT2D eigenvalue weighted by Crippen LogP contribution is 2.43. The lowest BCUT2D eigenvalue weighted by Crippen LogP contribution is -2.28. The van der Waals surface area contributed by atoms with E-state index in [1.807, 2.05) is 6.92 Å². The van der Waals surface area contributed by atoms with Gasteiger partial charge in [0.25, 0.3) is 0 Å². The Balaban J connectivity index is 3.58. The fourth-order valence-corrected chi connectivity index (χ4v) is 6.26. The Bertz CT molecular complexity index is 737. The average Bonchev–Trinajstić information content (AvgIpc) is 3.06. The number of phosphoric acid groups is 1. The van der Waals surface area contributed by atoms with Crippen LogP contribution in [-0.2, 0) is 27.9 Å². The molecule has 9 heteroatoms. The second kappa shape index (κ2) is 36.5. The number of nitrogens with two attached hydrogens (primary N) is 1. The van der Waals surface area contributed by atoms with E-state index < -0.39 is 13.9 Å². The second-order valence-electron chi connectivity index (χ2n) is 13.1. The molecule has 0 spiro atoms. The molecule has 280 valence electrons. The summed E-state index contributed by atoms with van der Waals surface area (Å²) < 4.78 is 32.8. The molecule has 0 aliphatic heterocycles. The number of hydrogen-bond acceptors (Lipinski definition) is 7. The zero-order chi connectivity index (χ0) is 34.5. The van der Waals surface area contributed by atoms with Crippen LogP contribution in [0.5, 0.6) is 0 Å². The molecule has 2 unspecified atom stereocenters. The summed E-state index contributed by atoms with van der Waals surface area (Å²) in [6.07, 6.45) is 37.9. The Morgan fingerprint density at radius 3 is 1.53 bits per heavy atom. The van der Waals surface area contributed by atoms with Gasteiger partial charge >= 0.3 is 13.8 Å². The van der Waals surface area contributed by atoms with Crippen molar-refractivity contribution in [1.29, 1.82) is 0 Å². The van der Waals surface area contributed by atoms with E-state index >= 15 is 0 Å². The van der Waals surface area contributed by atoms with Gasteiger partial charge in [0.15, 0.2) is 0 Å². The fourth-order valence-electron chi connectivity index (χ4n) is 5.50. The van der Waals surface area contributed by atoms with Gasteiger partial charge in [0.1, 0.15) is 6.10 Å². The minimum absolute atomic E-state index is 0.0940. The first-order valence-electron chi connectivity index (χ1n) is 19.7. The minimum Gasteiger partial charge on any atom is -0.457 e. The zero-order valence-electron chi connectivity index (χ0n) is 30.8. The highest BCUT2D eigenvalue weighted by atomic mass is 31.2. The Morgan fingerprint density at radius 1 is 0.617 bits per heavy atom. The first-order valence-corrected chi connectivity index (χ1v) is 21.2. The Kier molecular flexibility index (Phi) is 35.9. The fraction of sp³-hybridized carbons (Fsp3) is 0.921. The first-order chi connectivity index (χ1) is 22.9. The van der Waals surface area contributed by atoms with Crippen molar-refractivity contribution < 1.29 is 32.8 Å². The molecular formula is C38H76NO7P. The molecule has 0 saturated carbocycles. The third-order valence-electron chi connectivity index (χ3n) is 8.43. The molecule has 0 bridgehead atoms. The lowest BCUT2D eigenvalue weighted by atomic mass is 10.0. The number of esters is 1. The summed E-state index contributed by atoms with van der Waals surface area (Å²) in [5.41, 5.74) is 5.30. The van der Waals surface area contributed by atoms with Gasteiger partial charge in [-0.3, -0.25) is 13.8 Å². The summed E-state index contributed by atoms with van der Waals surface area (Å²) in [5.74, 6) is -0.363. The number of phosphoric ester groups is 1. The van der Waals surface area contributed by atoms with E-state index in [0.29, 0.717) is 13.0 Å². The average molecular weight is 690 g/mol. The van der Waals surface area contributed by atoms with Crippen molar-refractivity contribution in [2.45, 2.75) is 193 Å². The molecular weight excluding hydrogens is 613 g/mol. The summed E-state index contributed by atoms with van der Waals surface area (Å²) in [6.45, 7) is 4.69. The predicted molar refractivity (Wildman–Crippen MR) is 197 cm³/mol. The highest BCUT2D eigenvalue weighted by Gasteiger charge is 2.25. The quantitative estimate of drug-likeness (QED) is 0.0285. The van der Waals surface area contributed by atoms with Gasteiger partial charge in [-0.2, -0.15) is 0 Å². The van der Waals surface area contributed by atoms with Gasteiger partial charge < -0.3 is 20.1 Å². The van der Waals surface area contributed by atoms with E-state index in [-0.39, 0.29) is 32.3 Å². The van der Waals surface area contributed by atoms with Gasteiger partial charge in [-0.15, -0.1) is 0 Å². The molecule has 0 aromatic carbocycles. The van der Waals surface area contributed by atoms with Gasteiger partial charge in [-0.25, -0.2) is 4.57 Å². The third-order valence-corrected chi connectivity index (χ3v) is 9.42. The van der Waals surface area contributed by atoms with Gasteiger partial charge in [0.2, 0.25) is 0 Å². The van der Waals surface area contributed by atoms with Crippen LogP contribution < -0.4 is 5.73 Å². The second-order valence-corrected chi connectivity index (χ2v) is 14.6. The summed E-state index contributed by atoms with van der Waals surface area (Å²) in [4.78, 5) is 21.8. The number of ether oxygens (including phenoxy) is 2. The van der Waals surface area contributed by atoms with Crippen LogP contribution in [0.3, 0.4) is 0 Å². The Hall–Kier alpha value is -0.760. The van der Waals surface area contributed by atoms with Crippen molar-refractivity contribution in [3.63, 3.8) is 0 Å². The molecule has 0 heterocycles. The molecule has 0 saturated heterocycles. The van der Waals surface area contributed by atoms with Crippen molar-refractivity contribution in [1.82, 2.24) is 0 Å². The van der Waals surface area contributed by atoms with E-state index in [0.717, 1.165) is 25.7 Å². The van der Waals surface area contributed by atoms with Gasteiger partial charge in [0.05, 0.1) is 19.8 Å².